The largest absolute Gasteiger partial charge is 0.466 e. The molecule has 0 bridgehead atoms. The molecule has 15 heavy (non-hydrogen) atoms. The van der Waals surface area contributed by atoms with Crippen molar-refractivity contribution in [2.45, 2.75) is 39.2 Å². The zero-order chi connectivity index (χ0) is 11.3. The first-order valence-corrected chi connectivity index (χ1v) is 5.60. The van der Waals surface area contributed by atoms with Crippen molar-refractivity contribution in [2.24, 2.45) is 5.41 Å². The van der Waals surface area contributed by atoms with Crippen LogP contribution in [0.25, 0.3) is 0 Å². The van der Waals surface area contributed by atoms with Gasteiger partial charge in [0.15, 0.2) is 0 Å². The van der Waals surface area contributed by atoms with Crippen LogP contribution in [-0.2, 0) is 9.53 Å². The van der Waals surface area contributed by atoms with Gasteiger partial charge in [-0.1, -0.05) is 6.92 Å². The summed E-state index contributed by atoms with van der Waals surface area (Å²) in [6.45, 7) is 5.74. The van der Waals surface area contributed by atoms with Crippen molar-refractivity contribution in [3.8, 4) is 0 Å². The molecule has 0 aliphatic heterocycles. The average Bonchev–Trinajstić information content (AvgIpc) is 2.84. The van der Waals surface area contributed by atoms with Gasteiger partial charge in [-0.05, 0) is 25.2 Å². The van der Waals surface area contributed by atoms with E-state index in [9.17, 15) is 9.90 Å². The summed E-state index contributed by atoms with van der Waals surface area (Å²) in [5.74, 6) is -0.329. The number of aliphatic hydroxyl groups is 1. The molecule has 4 nitrogen and oxygen atoms in total. The van der Waals surface area contributed by atoms with Gasteiger partial charge >= 0.3 is 5.97 Å². The van der Waals surface area contributed by atoms with Crippen LogP contribution < -0.4 is 5.32 Å². The van der Waals surface area contributed by atoms with Crippen molar-refractivity contribution in [3.05, 3.63) is 0 Å². The summed E-state index contributed by atoms with van der Waals surface area (Å²) < 4.78 is 4.75. The normalized spacial score (nSPS) is 19.7. The number of esters is 1. The second kappa shape index (κ2) is 5.47. The Balaban J connectivity index is 2.02. The van der Waals surface area contributed by atoms with E-state index in [1.54, 1.807) is 6.92 Å². The summed E-state index contributed by atoms with van der Waals surface area (Å²) in [6.07, 6.45) is 1.96. The number of nitrogens with one attached hydrogen (secondary N) is 1. The summed E-state index contributed by atoms with van der Waals surface area (Å²) in [6, 6.07) is 0. The molecule has 2 N–H and O–H groups in total. The fourth-order valence-corrected chi connectivity index (χ4v) is 1.42. The van der Waals surface area contributed by atoms with E-state index in [1.165, 1.54) is 12.8 Å². The van der Waals surface area contributed by atoms with Crippen LogP contribution >= 0.6 is 0 Å². The SMILES string of the molecule is CCOC(=O)CC(O)CNCC1(C)CC1. The third-order valence-corrected chi connectivity index (χ3v) is 2.74. The van der Waals surface area contributed by atoms with E-state index < -0.39 is 6.10 Å². The Labute approximate surface area is 91.0 Å². The molecule has 0 aromatic carbocycles. The highest BCUT2D eigenvalue weighted by molar-refractivity contribution is 5.69. The van der Waals surface area contributed by atoms with Crippen molar-refractivity contribution in [3.63, 3.8) is 0 Å². The van der Waals surface area contributed by atoms with Gasteiger partial charge < -0.3 is 15.2 Å². The molecule has 4 heteroatoms. The van der Waals surface area contributed by atoms with Crippen LogP contribution in [0.4, 0.5) is 0 Å². The Kier molecular flexibility index (Phi) is 4.54. The Morgan fingerprint density at radius 2 is 2.27 bits per heavy atom. The summed E-state index contributed by atoms with van der Waals surface area (Å²) in [5.41, 5.74) is 0.434. The van der Waals surface area contributed by atoms with Crippen LogP contribution in [0.2, 0.25) is 0 Å². The lowest BCUT2D eigenvalue weighted by Crippen LogP contribution is -2.32. The van der Waals surface area contributed by atoms with Gasteiger partial charge in [0, 0.05) is 13.1 Å². The number of carbonyl (C=O) groups is 1. The predicted octanol–water partition coefficient (Wildman–Crippen LogP) is 0.690. The number of hydrogen-bond donors (Lipinski definition) is 2. The number of rotatable bonds is 7. The zero-order valence-corrected chi connectivity index (χ0v) is 9.58. The van der Waals surface area contributed by atoms with Crippen molar-refractivity contribution in [2.75, 3.05) is 19.7 Å². The Morgan fingerprint density at radius 1 is 1.60 bits per heavy atom. The molecular weight excluding hydrogens is 194 g/mol. The van der Waals surface area contributed by atoms with Crippen LogP contribution in [0.5, 0.6) is 0 Å². The highest BCUT2D eigenvalue weighted by atomic mass is 16.5. The molecule has 0 aromatic heterocycles. The maximum Gasteiger partial charge on any atom is 0.308 e. The zero-order valence-electron chi connectivity index (χ0n) is 9.58. The standard InChI is InChI=1S/C11H21NO3/c1-3-15-10(14)6-9(13)7-12-8-11(2)4-5-11/h9,12-13H,3-8H2,1-2H3. The summed E-state index contributed by atoms with van der Waals surface area (Å²) in [5, 5.41) is 12.7. The van der Waals surface area contributed by atoms with Crippen molar-refractivity contribution < 1.29 is 14.6 Å². The second-order valence-electron chi connectivity index (χ2n) is 4.60. The van der Waals surface area contributed by atoms with Gasteiger partial charge in [-0.2, -0.15) is 0 Å². The third kappa shape index (κ3) is 5.14. The molecule has 0 saturated heterocycles. The first-order valence-electron chi connectivity index (χ1n) is 5.60. The molecule has 1 atom stereocenters. The average molecular weight is 215 g/mol. The first-order chi connectivity index (χ1) is 7.06. The van der Waals surface area contributed by atoms with Gasteiger partial charge in [0.25, 0.3) is 0 Å². The maximum atomic E-state index is 11.0. The lowest BCUT2D eigenvalue weighted by Gasteiger charge is -2.13. The molecule has 1 rings (SSSR count). The van der Waals surface area contributed by atoms with Crippen LogP contribution in [0, 0.1) is 5.41 Å². The van der Waals surface area contributed by atoms with Crippen LogP contribution in [0.1, 0.15) is 33.1 Å². The number of aliphatic hydroxyl groups excluding tert-OH is 1. The Hall–Kier alpha value is -0.610. The first kappa shape index (κ1) is 12.5. The van der Waals surface area contributed by atoms with Crippen LogP contribution in [0.3, 0.4) is 0 Å². The van der Waals surface area contributed by atoms with Gasteiger partial charge in [-0.15, -0.1) is 0 Å². The maximum absolute atomic E-state index is 11.0. The van der Waals surface area contributed by atoms with E-state index in [-0.39, 0.29) is 12.4 Å². The number of carbonyl (C=O) groups excluding carboxylic acids is 1. The summed E-state index contributed by atoms with van der Waals surface area (Å²) in [4.78, 5) is 11.0. The molecule has 0 spiro atoms. The summed E-state index contributed by atoms with van der Waals surface area (Å²) in [7, 11) is 0. The number of hydrogen-bond acceptors (Lipinski definition) is 4. The molecule has 1 unspecified atom stereocenters. The molecule has 0 radical (unpaired) electrons. The van der Waals surface area contributed by atoms with Crippen LogP contribution in [0.15, 0.2) is 0 Å². The molecule has 1 aliphatic rings. The minimum absolute atomic E-state index is 0.0809. The quantitative estimate of drug-likeness (QED) is 0.613. The third-order valence-electron chi connectivity index (χ3n) is 2.74. The van der Waals surface area contributed by atoms with E-state index >= 15 is 0 Å². The smallest absolute Gasteiger partial charge is 0.308 e. The molecule has 88 valence electrons. The van der Waals surface area contributed by atoms with E-state index in [0.29, 0.717) is 18.6 Å². The lowest BCUT2D eigenvalue weighted by atomic mass is 10.1. The Bertz CT molecular complexity index is 214. The molecule has 1 aliphatic carbocycles. The molecule has 0 heterocycles. The van der Waals surface area contributed by atoms with Crippen molar-refractivity contribution in [1.29, 1.82) is 0 Å². The molecule has 1 fully saturated rings. The second-order valence-corrected chi connectivity index (χ2v) is 4.60. The van der Waals surface area contributed by atoms with Crippen LogP contribution in [-0.4, -0.2) is 36.9 Å². The Morgan fingerprint density at radius 3 is 2.80 bits per heavy atom. The topological polar surface area (TPSA) is 58.6 Å². The van der Waals surface area contributed by atoms with Gasteiger partial charge in [-0.3, -0.25) is 4.79 Å². The highest BCUT2D eigenvalue weighted by Crippen LogP contribution is 2.43. The van der Waals surface area contributed by atoms with Gasteiger partial charge in [0.1, 0.15) is 0 Å². The van der Waals surface area contributed by atoms with Gasteiger partial charge in [-0.25, -0.2) is 0 Å². The molecular formula is C11H21NO3. The predicted molar refractivity (Wildman–Crippen MR) is 57.5 cm³/mol. The van der Waals surface area contributed by atoms with Crippen molar-refractivity contribution >= 4 is 5.97 Å². The minimum atomic E-state index is -0.633. The number of ether oxygens (including phenoxy) is 1. The highest BCUT2D eigenvalue weighted by Gasteiger charge is 2.36. The monoisotopic (exact) mass is 215 g/mol. The van der Waals surface area contributed by atoms with E-state index in [0.717, 1.165) is 6.54 Å². The van der Waals surface area contributed by atoms with Gasteiger partial charge in [0.05, 0.1) is 19.1 Å². The lowest BCUT2D eigenvalue weighted by molar-refractivity contribution is -0.145. The van der Waals surface area contributed by atoms with E-state index in [4.69, 9.17) is 4.74 Å². The molecule has 0 aromatic rings. The van der Waals surface area contributed by atoms with E-state index in [1.807, 2.05) is 0 Å². The van der Waals surface area contributed by atoms with Crippen molar-refractivity contribution in [1.82, 2.24) is 5.32 Å². The fraction of sp³-hybridized carbons (Fsp3) is 0.909. The van der Waals surface area contributed by atoms with E-state index in [2.05, 4.69) is 12.2 Å². The fourth-order valence-electron chi connectivity index (χ4n) is 1.42. The molecule has 1 saturated carbocycles. The molecule has 0 amide bonds. The summed E-state index contributed by atoms with van der Waals surface area (Å²) >= 11 is 0. The van der Waals surface area contributed by atoms with Gasteiger partial charge in [0.2, 0.25) is 0 Å². The minimum Gasteiger partial charge on any atom is -0.466 e.